The van der Waals surface area contributed by atoms with Crippen LogP contribution in [-0.2, 0) is 19.0 Å². The van der Waals surface area contributed by atoms with Crippen molar-refractivity contribution in [2.75, 3.05) is 6.54 Å². The molecule has 4 nitrogen and oxygen atoms in total. The molecule has 106 valence electrons. The van der Waals surface area contributed by atoms with Crippen LogP contribution >= 0.6 is 0 Å². The zero-order valence-electron chi connectivity index (χ0n) is 12.6. The largest absolute Gasteiger partial charge is 0.312 e. The molecule has 0 amide bonds. The van der Waals surface area contributed by atoms with Crippen LogP contribution in [0.5, 0.6) is 0 Å². The van der Waals surface area contributed by atoms with Crippen LogP contribution in [0.1, 0.15) is 49.5 Å². The highest BCUT2D eigenvalue weighted by molar-refractivity contribution is 5.36. The lowest BCUT2D eigenvalue weighted by atomic mass is 9.90. The van der Waals surface area contributed by atoms with E-state index < -0.39 is 0 Å². The highest BCUT2D eigenvalue weighted by Gasteiger charge is 2.28. The molecule has 3 rings (SSSR count). The van der Waals surface area contributed by atoms with Crippen molar-refractivity contribution < 1.29 is 0 Å². The Morgan fingerprint density at radius 3 is 2.70 bits per heavy atom. The lowest BCUT2D eigenvalue weighted by Crippen LogP contribution is -2.30. The van der Waals surface area contributed by atoms with Gasteiger partial charge >= 0.3 is 0 Å². The average Bonchev–Trinajstić information content (AvgIpc) is 2.80. The van der Waals surface area contributed by atoms with Gasteiger partial charge in [0.15, 0.2) is 5.82 Å². The molecule has 0 aliphatic carbocycles. The number of hydrogen-bond acceptors (Lipinski definition) is 3. The molecule has 1 unspecified atom stereocenters. The molecule has 0 saturated heterocycles. The lowest BCUT2D eigenvalue weighted by molar-refractivity contribution is 0.537. The number of nitrogens with zero attached hydrogens (tertiary/aromatic N) is 3. The van der Waals surface area contributed by atoms with Crippen molar-refractivity contribution in [2.45, 2.75) is 38.6 Å². The molecule has 1 aromatic carbocycles. The molecule has 0 fully saturated rings. The summed E-state index contributed by atoms with van der Waals surface area (Å²) < 4.78 is 1.94. The Bertz CT molecular complexity index is 622. The van der Waals surface area contributed by atoms with Gasteiger partial charge in [0, 0.05) is 25.6 Å². The minimum atomic E-state index is -0.0162. The molecule has 0 spiro atoms. The molecule has 1 aromatic heterocycles. The van der Waals surface area contributed by atoms with E-state index >= 15 is 0 Å². The molecule has 20 heavy (non-hydrogen) atoms. The van der Waals surface area contributed by atoms with E-state index in [1.54, 1.807) is 0 Å². The highest BCUT2D eigenvalue weighted by Crippen LogP contribution is 2.30. The normalized spacial score (nSPS) is 18.9. The number of rotatable bonds is 1. The Hall–Kier alpha value is -1.68. The number of fused-ring (bicyclic) bond motifs is 1. The van der Waals surface area contributed by atoms with Gasteiger partial charge in [-0.3, -0.25) is 4.68 Å². The van der Waals surface area contributed by atoms with Crippen LogP contribution in [0.25, 0.3) is 0 Å². The molecule has 1 atom stereocenters. The van der Waals surface area contributed by atoms with Crippen molar-refractivity contribution in [3.8, 4) is 0 Å². The van der Waals surface area contributed by atoms with Crippen molar-refractivity contribution in [2.24, 2.45) is 7.05 Å². The summed E-state index contributed by atoms with van der Waals surface area (Å²) in [6.45, 7) is 8.32. The zero-order valence-corrected chi connectivity index (χ0v) is 12.6. The smallest absolute Gasteiger partial charge is 0.156 e. The monoisotopic (exact) mass is 270 g/mol. The van der Waals surface area contributed by atoms with E-state index in [4.69, 9.17) is 4.98 Å². The molecule has 4 heteroatoms. The SMILES string of the molecule is Cn1nc(C(C)(C)C)nc1C1CNCc2ccccc21. The zero-order chi connectivity index (χ0) is 14.3. The van der Waals surface area contributed by atoms with Crippen LogP contribution in [0.15, 0.2) is 24.3 Å². The van der Waals surface area contributed by atoms with Gasteiger partial charge in [0.1, 0.15) is 5.82 Å². The molecule has 1 aliphatic rings. The first-order valence-electron chi connectivity index (χ1n) is 7.17. The summed E-state index contributed by atoms with van der Waals surface area (Å²) in [5.74, 6) is 2.25. The molecular formula is C16H22N4. The second kappa shape index (κ2) is 4.70. The van der Waals surface area contributed by atoms with Gasteiger partial charge in [-0.1, -0.05) is 45.0 Å². The third-order valence-corrected chi connectivity index (χ3v) is 3.87. The van der Waals surface area contributed by atoms with Gasteiger partial charge in [-0.2, -0.15) is 5.10 Å². The van der Waals surface area contributed by atoms with Gasteiger partial charge < -0.3 is 5.32 Å². The van der Waals surface area contributed by atoms with E-state index in [9.17, 15) is 0 Å². The summed E-state index contributed by atoms with van der Waals surface area (Å²) in [6.07, 6.45) is 0. The van der Waals surface area contributed by atoms with Crippen LogP contribution in [0.4, 0.5) is 0 Å². The predicted octanol–water partition coefficient (Wildman–Crippen LogP) is 2.35. The van der Waals surface area contributed by atoms with Crippen LogP contribution in [0, 0.1) is 0 Å². The lowest BCUT2D eigenvalue weighted by Gasteiger charge is -2.25. The van der Waals surface area contributed by atoms with Gasteiger partial charge in [-0.25, -0.2) is 4.98 Å². The third-order valence-electron chi connectivity index (χ3n) is 3.87. The van der Waals surface area contributed by atoms with E-state index in [0.717, 1.165) is 24.7 Å². The predicted molar refractivity (Wildman–Crippen MR) is 79.7 cm³/mol. The van der Waals surface area contributed by atoms with Crippen molar-refractivity contribution in [1.29, 1.82) is 0 Å². The Morgan fingerprint density at radius 2 is 2.00 bits per heavy atom. The Kier molecular flexibility index (Phi) is 3.13. The van der Waals surface area contributed by atoms with Crippen molar-refractivity contribution >= 4 is 0 Å². The summed E-state index contributed by atoms with van der Waals surface area (Å²) in [5, 5.41) is 8.09. The number of aryl methyl sites for hydroxylation is 1. The van der Waals surface area contributed by atoms with E-state index in [-0.39, 0.29) is 11.3 Å². The molecule has 2 heterocycles. The summed E-state index contributed by atoms with van der Waals surface area (Å²) in [4.78, 5) is 4.82. The minimum Gasteiger partial charge on any atom is -0.312 e. The van der Waals surface area contributed by atoms with E-state index in [1.807, 2.05) is 11.7 Å². The second-order valence-electron chi connectivity index (χ2n) is 6.55. The maximum Gasteiger partial charge on any atom is 0.156 e. The summed E-state index contributed by atoms with van der Waals surface area (Å²) >= 11 is 0. The average molecular weight is 270 g/mol. The number of benzene rings is 1. The fourth-order valence-corrected chi connectivity index (χ4v) is 2.74. The maximum atomic E-state index is 4.82. The number of nitrogens with one attached hydrogen (secondary N) is 1. The first-order chi connectivity index (χ1) is 9.47. The van der Waals surface area contributed by atoms with Crippen LogP contribution in [-0.4, -0.2) is 21.3 Å². The fourth-order valence-electron chi connectivity index (χ4n) is 2.74. The molecule has 1 N–H and O–H groups in total. The minimum absolute atomic E-state index is 0.0162. The Labute approximate surface area is 120 Å². The van der Waals surface area contributed by atoms with Gasteiger partial charge in [-0.05, 0) is 11.1 Å². The highest BCUT2D eigenvalue weighted by atomic mass is 15.3. The molecule has 1 aliphatic heterocycles. The summed E-state index contributed by atoms with van der Waals surface area (Å²) in [6, 6.07) is 8.61. The molecular weight excluding hydrogens is 248 g/mol. The number of aromatic nitrogens is 3. The standard InChI is InChI=1S/C16H22N4/c1-16(2,3)15-18-14(20(4)19-15)13-10-17-9-11-7-5-6-8-12(11)13/h5-8,13,17H,9-10H2,1-4H3. The first kappa shape index (κ1) is 13.3. The number of hydrogen-bond donors (Lipinski definition) is 1. The van der Waals surface area contributed by atoms with Crippen LogP contribution in [0.2, 0.25) is 0 Å². The molecule has 0 saturated carbocycles. The quantitative estimate of drug-likeness (QED) is 0.865. The van der Waals surface area contributed by atoms with Crippen molar-refractivity contribution in [3.63, 3.8) is 0 Å². The Morgan fingerprint density at radius 1 is 1.25 bits per heavy atom. The topological polar surface area (TPSA) is 42.7 Å². The third kappa shape index (κ3) is 2.24. The van der Waals surface area contributed by atoms with Crippen molar-refractivity contribution in [1.82, 2.24) is 20.1 Å². The molecule has 0 bridgehead atoms. The van der Waals surface area contributed by atoms with Gasteiger partial charge in [-0.15, -0.1) is 0 Å². The maximum absolute atomic E-state index is 4.82. The van der Waals surface area contributed by atoms with Gasteiger partial charge in [0.05, 0.1) is 5.92 Å². The summed E-state index contributed by atoms with van der Waals surface area (Å²) in [7, 11) is 1.99. The first-order valence-corrected chi connectivity index (χ1v) is 7.17. The van der Waals surface area contributed by atoms with Gasteiger partial charge in [0.2, 0.25) is 0 Å². The molecule has 2 aromatic rings. The van der Waals surface area contributed by atoms with E-state index in [2.05, 4.69) is 55.5 Å². The molecule has 0 radical (unpaired) electrons. The van der Waals surface area contributed by atoms with Crippen molar-refractivity contribution in [3.05, 3.63) is 47.0 Å². The van der Waals surface area contributed by atoms with E-state index in [0.29, 0.717) is 0 Å². The van der Waals surface area contributed by atoms with Crippen LogP contribution < -0.4 is 5.32 Å². The summed E-state index contributed by atoms with van der Waals surface area (Å²) in [5.41, 5.74) is 2.73. The fraction of sp³-hybridized carbons (Fsp3) is 0.500. The van der Waals surface area contributed by atoms with Crippen LogP contribution in [0.3, 0.4) is 0 Å². The van der Waals surface area contributed by atoms with Gasteiger partial charge in [0.25, 0.3) is 0 Å². The van der Waals surface area contributed by atoms with E-state index in [1.165, 1.54) is 11.1 Å². The second-order valence-corrected chi connectivity index (χ2v) is 6.55. The Balaban J connectivity index is 2.05.